The molecule has 0 atom stereocenters. The van der Waals surface area contributed by atoms with Gasteiger partial charge in [-0.05, 0) is 27.7 Å². The van der Waals surface area contributed by atoms with Crippen molar-refractivity contribution < 1.29 is 0 Å². The molecule has 0 N–H and O–H groups in total. The molecule has 0 saturated heterocycles. The first-order valence-corrected chi connectivity index (χ1v) is 12.6. The van der Waals surface area contributed by atoms with Gasteiger partial charge in [-0.1, -0.05) is 127 Å². The van der Waals surface area contributed by atoms with E-state index in [1.807, 2.05) is 6.07 Å². The van der Waals surface area contributed by atoms with Crippen LogP contribution in [0.15, 0.2) is 140 Å². The number of nitrogens with zero attached hydrogens (tertiary/aromatic N) is 1. The Kier molecular flexibility index (Phi) is 5.30. The van der Waals surface area contributed by atoms with Crippen LogP contribution in [0.1, 0.15) is 0 Å². The van der Waals surface area contributed by atoms with Gasteiger partial charge in [0.1, 0.15) is 0 Å². The van der Waals surface area contributed by atoms with Crippen molar-refractivity contribution in [2.45, 2.75) is 0 Å². The fourth-order valence-electron chi connectivity index (χ4n) is 4.42. The molecule has 31 heavy (non-hydrogen) atoms. The third-order valence-electron chi connectivity index (χ3n) is 5.82. The molecule has 148 valence electrons. The smallest absolute Gasteiger partial charge is 0.201 e. The van der Waals surface area contributed by atoms with Gasteiger partial charge in [0.05, 0.1) is 5.69 Å². The number of hydrogen-bond acceptors (Lipinski definition) is 1. The van der Waals surface area contributed by atoms with Crippen molar-refractivity contribution in [3.05, 3.63) is 140 Å². The first-order valence-electron chi connectivity index (χ1n) is 10.6. The summed E-state index contributed by atoms with van der Waals surface area (Å²) in [5, 5.41) is 5.16. The second-order valence-electron chi connectivity index (χ2n) is 7.62. The van der Waals surface area contributed by atoms with Crippen molar-refractivity contribution in [3.63, 3.8) is 0 Å². The lowest BCUT2D eigenvalue weighted by molar-refractivity contribution is 1.37. The zero-order valence-corrected chi connectivity index (χ0v) is 18.2. The largest absolute Gasteiger partial charge is 0.256 e. The molecule has 0 fully saturated rings. The SMILES string of the molecule is c1ccc(-c2cccc([Si](c3ccccc3)(c3ccccc3)c3ccccc3)n2)cc1. The number of pyridine rings is 1. The van der Waals surface area contributed by atoms with Crippen LogP contribution in [0.5, 0.6) is 0 Å². The molecule has 1 heterocycles. The van der Waals surface area contributed by atoms with E-state index < -0.39 is 8.07 Å². The van der Waals surface area contributed by atoms with Crippen LogP contribution in [0.3, 0.4) is 0 Å². The Balaban J connectivity index is 1.85. The average molecular weight is 414 g/mol. The topological polar surface area (TPSA) is 12.9 Å². The Hall–Kier alpha value is -3.75. The quantitative estimate of drug-likeness (QED) is 0.312. The molecule has 0 radical (unpaired) electrons. The predicted octanol–water partition coefficient (Wildman–Crippen LogP) is 4.13. The minimum absolute atomic E-state index is 1.01. The molecule has 5 aromatic rings. The van der Waals surface area contributed by atoms with Crippen molar-refractivity contribution in [1.82, 2.24) is 4.98 Å². The van der Waals surface area contributed by atoms with Crippen molar-refractivity contribution in [2.24, 2.45) is 0 Å². The summed E-state index contributed by atoms with van der Waals surface area (Å²) in [6.07, 6.45) is 0. The number of benzene rings is 4. The molecule has 0 amide bonds. The van der Waals surface area contributed by atoms with Crippen LogP contribution < -0.4 is 20.9 Å². The van der Waals surface area contributed by atoms with Crippen molar-refractivity contribution in [3.8, 4) is 11.3 Å². The summed E-state index contributed by atoms with van der Waals surface area (Å²) < 4.78 is 0. The average Bonchev–Trinajstić information content (AvgIpc) is 2.87. The van der Waals surface area contributed by atoms with Gasteiger partial charge in [0.25, 0.3) is 0 Å². The maximum absolute atomic E-state index is 5.31. The third-order valence-corrected chi connectivity index (χ3v) is 10.5. The second kappa shape index (κ2) is 8.55. The van der Waals surface area contributed by atoms with Gasteiger partial charge in [0.15, 0.2) is 0 Å². The summed E-state index contributed by atoms with van der Waals surface area (Å²) >= 11 is 0. The second-order valence-corrected chi connectivity index (χ2v) is 11.4. The summed E-state index contributed by atoms with van der Waals surface area (Å²) in [5.41, 5.74) is 2.15. The molecule has 1 aromatic heterocycles. The lowest BCUT2D eigenvalue weighted by atomic mass is 10.1. The molecule has 5 rings (SSSR count). The molecule has 0 spiro atoms. The normalized spacial score (nSPS) is 11.2. The zero-order valence-electron chi connectivity index (χ0n) is 17.2. The monoisotopic (exact) mass is 413 g/mol. The molecule has 0 aliphatic heterocycles. The highest BCUT2D eigenvalue weighted by atomic mass is 28.3. The highest BCUT2D eigenvalue weighted by Gasteiger charge is 2.42. The molecule has 0 unspecified atom stereocenters. The van der Waals surface area contributed by atoms with Crippen molar-refractivity contribution in [1.29, 1.82) is 0 Å². The fraction of sp³-hybridized carbons (Fsp3) is 0. The van der Waals surface area contributed by atoms with Crippen LogP contribution in [-0.4, -0.2) is 13.1 Å². The van der Waals surface area contributed by atoms with Gasteiger partial charge in [0, 0.05) is 10.9 Å². The number of rotatable bonds is 5. The summed E-state index contributed by atoms with van der Waals surface area (Å²) in [6, 6.07) is 49.6. The van der Waals surface area contributed by atoms with E-state index in [-0.39, 0.29) is 0 Å². The van der Waals surface area contributed by atoms with Crippen molar-refractivity contribution >= 4 is 29.0 Å². The van der Waals surface area contributed by atoms with E-state index in [2.05, 4.69) is 133 Å². The minimum atomic E-state index is -2.58. The van der Waals surface area contributed by atoms with Gasteiger partial charge >= 0.3 is 0 Å². The molecule has 0 saturated carbocycles. The van der Waals surface area contributed by atoms with Gasteiger partial charge < -0.3 is 0 Å². The van der Waals surface area contributed by atoms with E-state index in [0.29, 0.717) is 0 Å². The molecule has 0 aliphatic rings. The van der Waals surface area contributed by atoms with Gasteiger partial charge in [-0.15, -0.1) is 0 Å². The van der Waals surface area contributed by atoms with Crippen LogP contribution in [0.2, 0.25) is 0 Å². The van der Waals surface area contributed by atoms with E-state index in [9.17, 15) is 0 Å². The summed E-state index contributed by atoms with van der Waals surface area (Å²) in [6.45, 7) is 0. The highest BCUT2D eigenvalue weighted by molar-refractivity contribution is 7.19. The lowest BCUT2D eigenvalue weighted by Crippen LogP contribution is -2.75. The lowest BCUT2D eigenvalue weighted by Gasteiger charge is -2.33. The Morgan fingerprint density at radius 2 is 0.806 bits per heavy atom. The Bertz CT molecular complexity index is 1160. The van der Waals surface area contributed by atoms with Gasteiger partial charge in [-0.3, -0.25) is 4.98 Å². The first kappa shape index (κ1) is 19.2. The molecule has 0 bridgehead atoms. The molecular formula is C29H23NSi. The van der Waals surface area contributed by atoms with Gasteiger partial charge in [0.2, 0.25) is 8.07 Å². The number of aromatic nitrogens is 1. The van der Waals surface area contributed by atoms with Crippen molar-refractivity contribution in [2.75, 3.05) is 0 Å². The van der Waals surface area contributed by atoms with Crippen LogP contribution in [0.4, 0.5) is 0 Å². The summed E-state index contributed by atoms with van der Waals surface area (Å²) in [4.78, 5) is 5.31. The maximum Gasteiger partial charge on any atom is 0.201 e. The summed E-state index contributed by atoms with van der Waals surface area (Å²) in [5.74, 6) is 0. The van der Waals surface area contributed by atoms with E-state index in [0.717, 1.165) is 16.6 Å². The molecule has 0 aliphatic carbocycles. The third kappa shape index (κ3) is 3.52. The molecule has 2 heteroatoms. The number of hydrogen-bond donors (Lipinski definition) is 0. The Labute approximate surface area is 184 Å². The Morgan fingerprint density at radius 3 is 1.26 bits per heavy atom. The van der Waals surface area contributed by atoms with Gasteiger partial charge in [-0.2, -0.15) is 0 Å². The van der Waals surface area contributed by atoms with E-state index >= 15 is 0 Å². The standard InChI is InChI=1S/C29H23NSi/c1-5-14-24(15-6-1)28-22-13-23-29(30-28)31(25-16-7-2-8-17-25,26-18-9-3-10-19-26)27-20-11-4-12-21-27/h1-23H. The van der Waals surface area contributed by atoms with Crippen LogP contribution in [0.25, 0.3) is 11.3 Å². The van der Waals surface area contributed by atoms with E-state index in [1.54, 1.807) is 0 Å². The van der Waals surface area contributed by atoms with Gasteiger partial charge in [-0.25, -0.2) is 0 Å². The molecule has 1 nitrogen and oxygen atoms in total. The van der Waals surface area contributed by atoms with E-state index in [1.165, 1.54) is 15.6 Å². The summed E-state index contributed by atoms with van der Waals surface area (Å²) in [7, 11) is -2.58. The predicted molar refractivity (Wildman–Crippen MR) is 133 cm³/mol. The van der Waals surface area contributed by atoms with Crippen LogP contribution in [-0.2, 0) is 0 Å². The highest BCUT2D eigenvalue weighted by Crippen LogP contribution is 2.16. The first-order chi connectivity index (χ1) is 15.4. The maximum atomic E-state index is 5.31. The van der Waals surface area contributed by atoms with Crippen LogP contribution in [0, 0.1) is 0 Å². The molecule has 4 aromatic carbocycles. The molecular weight excluding hydrogens is 390 g/mol. The Morgan fingerprint density at radius 1 is 0.387 bits per heavy atom. The fourth-order valence-corrected chi connectivity index (χ4v) is 9.02. The van der Waals surface area contributed by atoms with E-state index in [4.69, 9.17) is 4.98 Å². The van der Waals surface area contributed by atoms with Crippen LogP contribution >= 0.6 is 0 Å². The zero-order chi connectivity index (χ0) is 20.9. The minimum Gasteiger partial charge on any atom is -0.256 e.